The van der Waals surface area contributed by atoms with Crippen molar-refractivity contribution in [3.8, 4) is 6.07 Å². The van der Waals surface area contributed by atoms with Gasteiger partial charge in [-0.25, -0.2) is 0 Å². The minimum atomic E-state index is 0.252. The first-order valence-corrected chi connectivity index (χ1v) is 5.01. The summed E-state index contributed by atoms with van der Waals surface area (Å²) in [5.41, 5.74) is 0. The molecular formula is C10H18N2O. The van der Waals surface area contributed by atoms with Crippen molar-refractivity contribution >= 4 is 0 Å². The number of nitriles is 1. The summed E-state index contributed by atoms with van der Waals surface area (Å²) in [4.78, 5) is 0. The second-order valence-corrected chi connectivity index (χ2v) is 3.91. The number of hydrogen-bond acceptors (Lipinski definition) is 3. The summed E-state index contributed by atoms with van der Waals surface area (Å²) in [5, 5.41) is 21.0. The Morgan fingerprint density at radius 1 is 1.62 bits per heavy atom. The molecule has 2 N–H and O–H groups in total. The zero-order chi connectivity index (χ0) is 9.68. The van der Waals surface area contributed by atoms with Crippen molar-refractivity contribution in [2.75, 3.05) is 6.61 Å². The third kappa shape index (κ3) is 2.98. The van der Waals surface area contributed by atoms with Crippen molar-refractivity contribution < 1.29 is 5.11 Å². The standard InChI is InChI=1S/C10H18N2O/c1-8(5-6-11)12-10-4-2-3-9(10)7-13/h8-10,12-13H,2-5,7H2,1H3. The maximum Gasteiger partial charge on any atom is 0.0638 e. The minimum Gasteiger partial charge on any atom is -0.396 e. The summed E-state index contributed by atoms with van der Waals surface area (Å²) < 4.78 is 0. The van der Waals surface area contributed by atoms with E-state index < -0.39 is 0 Å². The molecule has 1 fully saturated rings. The molecule has 74 valence electrons. The maximum absolute atomic E-state index is 9.07. The lowest BCUT2D eigenvalue weighted by molar-refractivity contribution is 0.201. The van der Waals surface area contributed by atoms with Gasteiger partial charge >= 0.3 is 0 Å². The molecule has 1 aliphatic rings. The Labute approximate surface area is 79.8 Å². The molecule has 3 atom stereocenters. The zero-order valence-electron chi connectivity index (χ0n) is 8.16. The molecule has 1 aliphatic carbocycles. The summed E-state index contributed by atoms with van der Waals surface area (Å²) in [7, 11) is 0. The average molecular weight is 182 g/mol. The molecule has 3 unspecified atom stereocenters. The van der Waals surface area contributed by atoms with Crippen molar-refractivity contribution in [1.29, 1.82) is 5.26 Å². The topological polar surface area (TPSA) is 56.0 Å². The third-order valence-electron chi connectivity index (χ3n) is 2.79. The van der Waals surface area contributed by atoms with Crippen LogP contribution < -0.4 is 5.32 Å². The van der Waals surface area contributed by atoms with E-state index in [2.05, 4.69) is 11.4 Å². The Morgan fingerprint density at radius 2 is 2.38 bits per heavy atom. The number of nitrogens with zero attached hydrogens (tertiary/aromatic N) is 1. The SMILES string of the molecule is CC(CC#N)NC1CCCC1CO. The summed E-state index contributed by atoms with van der Waals surface area (Å²) in [5.74, 6) is 0.404. The van der Waals surface area contributed by atoms with Crippen LogP contribution in [0, 0.1) is 17.2 Å². The van der Waals surface area contributed by atoms with Gasteiger partial charge in [0, 0.05) is 18.7 Å². The van der Waals surface area contributed by atoms with Gasteiger partial charge in [0.1, 0.15) is 0 Å². The average Bonchev–Trinajstić information content (AvgIpc) is 2.52. The fourth-order valence-electron chi connectivity index (χ4n) is 2.04. The van der Waals surface area contributed by atoms with Crippen molar-refractivity contribution in [1.82, 2.24) is 5.32 Å². The van der Waals surface area contributed by atoms with Crippen molar-refractivity contribution in [3.05, 3.63) is 0 Å². The Kier molecular flexibility index (Phi) is 4.20. The number of rotatable bonds is 4. The molecule has 0 aromatic heterocycles. The Hall–Kier alpha value is -0.590. The van der Waals surface area contributed by atoms with Gasteiger partial charge in [0.2, 0.25) is 0 Å². The molecule has 1 saturated carbocycles. The van der Waals surface area contributed by atoms with E-state index in [1.165, 1.54) is 6.42 Å². The second kappa shape index (κ2) is 5.21. The molecule has 0 saturated heterocycles. The highest BCUT2D eigenvalue weighted by Gasteiger charge is 2.27. The van der Waals surface area contributed by atoms with Crippen LogP contribution in [-0.2, 0) is 0 Å². The van der Waals surface area contributed by atoms with Crippen molar-refractivity contribution in [2.45, 2.75) is 44.7 Å². The number of hydrogen-bond donors (Lipinski definition) is 2. The first-order valence-electron chi connectivity index (χ1n) is 5.01. The van der Waals surface area contributed by atoms with E-state index in [1.807, 2.05) is 6.92 Å². The molecule has 0 bridgehead atoms. The molecule has 0 heterocycles. The number of aliphatic hydroxyl groups is 1. The molecule has 0 aliphatic heterocycles. The highest BCUT2D eigenvalue weighted by molar-refractivity contribution is 4.87. The van der Waals surface area contributed by atoms with Gasteiger partial charge in [-0.05, 0) is 25.7 Å². The van der Waals surface area contributed by atoms with Crippen LogP contribution in [0.15, 0.2) is 0 Å². The lowest BCUT2D eigenvalue weighted by Crippen LogP contribution is -2.39. The van der Waals surface area contributed by atoms with Crippen molar-refractivity contribution in [2.24, 2.45) is 5.92 Å². The van der Waals surface area contributed by atoms with Crippen LogP contribution >= 0.6 is 0 Å². The molecule has 0 spiro atoms. The van der Waals surface area contributed by atoms with E-state index in [9.17, 15) is 0 Å². The lowest BCUT2D eigenvalue weighted by Gasteiger charge is -2.22. The fourth-order valence-corrected chi connectivity index (χ4v) is 2.04. The van der Waals surface area contributed by atoms with Crippen LogP contribution in [0.25, 0.3) is 0 Å². The lowest BCUT2D eigenvalue weighted by atomic mass is 10.0. The van der Waals surface area contributed by atoms with Crippen LogP contribution in [0.4, 0.5) is 0 Å². The molecule has 0 amide bonds. The van der Waals surface area contributed by atoms with Crippen molar-refractivity contribution in [3.63, 3.8) is 0 Å². The quantitative estimate of drug-likeness (QED) is 0.683. The van der Waals surface area contributed by atoms with Crippen LogP contribution in [0.3, 0.4) is 0 Å². The highest BCUT2D eigenvalue weighted by atomic mass is 16.3. The first kappa shape index (κ1) is 10.5. The predicted octanol–water partition coefficient (Wildman–Crippen LogP) is 1.04. The summed E-state index contributed by atoms with van der Waals surface area (Å²) in [6.07, 6.45) is 4.01. The molecule has 3 heteroatoms. The van der Waals surface area contributed by atoms with Gasteiger partial charge < -0.3 is 10.4 Å². The monoisotopic (exact) mass is 182 g/mol. The molecule has 0 aromatic rings. The molecule has 3 nitrogen and oxygen atoms in total. The number of nitrogens with one attached hydrogen (secondary N) is 1. The van der Waals surface area contributed by atoms with Gasteiger partial charge in [-0.2, -0.15) is 5.26 Å². The Morgan fingerprint density at radius 3 is 3.00 bits per heavy atom. The predicted molar refractivity (Wildman–Crippen MR) is 51.0 cm³/mol. The maximum atomic E-state index is 9.07. The summed E-state index contributed by atoms with van der Waals surface area (Å²) in [6.45, 7) is 2.30. The van der Waals surface area contributed by atoms with Gasteiger partial charge in [0.05, 0.1) is 12.5 Å². The van der Waals surface area contributed by atoms with E-state index in [0.717, 1.165) is 12.8 Å². The Balaban J connectivity index is 2.31. The van der Waals surface area contributed by atoms with Crippen LogP contribution in [0.5, 0.6) is 0 Å². The first-order chi connectivity index (χ1) is 6.27. The van der Waals surface area contributed by atoms with Gasteiger partial charge in [-0.15, -0.1) is 0 Å². The summed E-state index contributed by atoms with van der Waals surface area (Å²) in [6, 6.07) is 2.83. The zero-order valence-corrected chi connectivity index (χ0v) is 8.16. The molecule has 13 heavy (non-hydrogen) atoms. The number of aliphatic hydroxyl groups excluding tert-OH is 1. The van der Waals surface area contributed by atoms with Gasteiger partial charge in [0.15, 0.2) is 0 Å². The third-order valence-corrected chi connectivity index (χ3v) is 2.79. The molecule has 1 rings (SSSR count). The minimum absolute atomic E-state index is 0.252. The second-order valence-electron chi connectivity index (χ2n) is 3.91. The normalized spacial score (nSPS) is 29.9. The molecule has 0 aromatic carbocycles. The fraction of sp³-hybridized carbons (Fsp3) is 0.900. The van der Waals surface area contributed by atoms with Crippen LogP contribution in [0.2, 0.25) is 0 Å². The Bertz CT molecular complexity index is 188. The van der Waals surface area contributed by atoms with Crippen LogP contribution in [0.1, 0.15) is 32.6 Å². The molecule has 0 radical (unpaired) electrons. The summed E-state index contributed by atoms with van der Waals surface area (Å²) >= 11 is 0. The smallest absolute Gasteiger partial charge is 0.0638 e. The largest absolute Gasteiger partial charge is 0.396 e. The van der Waals surface area contributed by atoms with Gasteiger partial charge in [-0.1, -0.05) is 6.42 Å². The molecular weight excluding hydrogens is 164 g/mol. The van der Waals surface area contributed by atoms with E-state index >= 15 is 0 Å². The van der Waals surface area contributed by atoms with Gasteiger partial charge in [0.25, 0.3) is 0 Å². The van der Waals surface area contributed by atoms with E-state index in [0.29, 0.717) is 18.4 Å². The van der Waals surface area contributed by atoms with Gasteiger partial charge in [-0.3, -0.25) is 0 Å². The highest BCUT2D eigenvalue weighted by Crippen LogP contribution is 2.25. The van der Waals surface area contributed by atoms with Crippen LogP contribution in [-0.4, -0.2) is 23.8 Å². The van der Waals surface area contributed by atoms with E-state index in [-0.39, 0.29) is 12.6 Å². The van der Waals surface area contributed by atoms with E-state index in [1.54, 1.807) is 0 Å². The van der Waals surface area contributed by atoms with E-state index in [4.69, 9.17) is 10.4 Å².